The summed E-state index contributed by atoms with van der Waals surface area (Å²) < 4.78 is 0. The van der Waals surface area contributed by atoms with Gasteiger partial charge in [-0.1, -0.05) is 38.5 Å². The largest absolute Gasteiger partial charge is 0.315 e. The molecule has 2 nitrogen and oxygen atoms in total. The number of carbonyl (C=O) groups is 1. The van der Waals surface area contributed by atoms with Crippen molar-refractivity contribution in [3.63, 3.8) is 0 Å². The summed E-state index contributed by atoms with van der Waals surface area (Å²) in [4.78, 5) is 10.9. The first-order chi connectivity index (χ1) is 6.66. The van der Waals surface area contributed by atoms with E-state index < -0.39 is 0 Å². The molecule has 0 aromatic rings. The van der Waals surface area contributed by atoms with Crippen molar-refractivity contribution < 1.29 is 4.79 Å². The fraction of sp³-hybridized carbons (Fsp3) is 0.909. The Morgan fingerprint density at radius 3 is 2.43 bits per heavy atom. The SMILES string of the molecule is CSC(=O)CCCCCCNC(C)C. The maximum absolute atomic E-state index is 10.9. The smallest absolute Gasteiger partial charge is 0.188 e. The van der Waals surface area contributed by atoms with E-state index in [9.17, 15) is 4.79 Å². The Hall–Kier alpha value is -0.0200. The third-order valence-corrected chi connectivity index (χ3v) is 2.75. The van der Waals surface area contributed by atoms with Gasteiger partial charge in [0.25, 0.3) is 0 Å². The van der Waals surface area contributed by atoms with Gasteiger partial charge in [-0.05, 0) is 25.6 Å². The first kappa shape index (κ1) is 14.0. The molecule has 0 fully saturated rings. The predicted octanol–water partition coefficient (Wildman–Crippen LogP) is 2.82. The van der Waals surface area contributed by atoms with Gasteiger partial charge in [-0.25, -0.2) is 0 Å². The molecule has 0 radical (unpaired) electrons. The van der Waals surface area contributed by atoms with Gasteiger partial charge >= 0.3 is 0 Å². The Morgan fingerprint density at radius 2 is 1.86 bits per heavy atom. The van der Waals surface area contributed by atoms with E-state index in [1.807, 2.05) is 6.26 Å². The molecule has 0 bridgehead atoms. The fourth-order valence-electron chi connectivity index (χ4n) is 1.24. The van der Waals surface area contributed by atoms with E-state index in [0.29, 0.717) is 11.2 Å². The van der Waals surface area contributed by atoms with Gasteiger partial charge in [-0.15, -0.1) is 0 Å². The van der Waals surface area contributed by atoms with Crippen LogP contribution in [0.2, 0.25) is 0 Å². The lowest BCUT2D eigenvalue weighted by Crippen LogP contribution is -2.23. The van der Waals surface area contributed by atoms with Crippen molar-refractivity contribution in [3.05, 3.63) is 0 Å². The maximum atomic E-state index is 10.9. The van der Waals surface area contributed by atoms with Gasteiger partial charge in [0.2, 0.25) is 0 Å². The van der Waals surface area contributed by atoms with E-state index in [2.05, 4.69) is 19.2 Å². The second-order valence-corrected chi connectivity index (χ2v) is 4.71. The third kappa shape index (κ3) is 10.1. The highest BCUT2D eigenvalue weighted by atomic mass is 32.2. The van der Waals surface area contributed by atoms with Crippen molar-refractivity contribution in [2.75, 3.05) is 12.8 Å². The highest BCUT2D eigenvalue weighted by Crippen LogP contribution is 2.07. The van der Waals surface area contributed by atoms with E-state index in [1.165, 1.54) is 31.0 Å². The average Bonchev–Trinajstić information content (AvgIpc) is 2.15. The molecule has 0 aliphatic rings. The van der Waals surface area contributed by atoms with Crippen molar-refractivity contribution in [2.45, 2.75) is 52.0 Å². The highest BCUT2D eigenvalue weighted by molar-refractivity contribution is 8.13. The molecule has 3 heteroatoms. The number of hydrogen-bond donors (Lipinski definition) is 1. The Labute approximate surface area is 92.2 Å². The van der Waals surface area contributed by atoms with Gasteiger partial charge in [0.1, 0.15) is 0 Å². The van der Waals surface area contributed by atoms with E-state index in [0.717, 1.165) is 19.4 Å². The van der Waals surface area contributed by atoms with E-state index in [1.54, 1.807) is 0 Å². The summed E-state index contributed by atoms with van der Waals surface area (Å²) in [6, 6.07) is 0.591. The van der Waals surface area contributed by atoms with Crippen molar-refractivity contribution in [2.24, 2.45) is 0 Å². The molecule has 0 aliphatic heterocycles. The van der Waals surface area contributed by atoms with Gasteiger partial charge in [-0.2, -0.15) is 0 Å². The molecular formula is C11H23NOS. The first-order valence-electron chi connectivity index (χ1n) is 5.47. The van der Waals surface area contributed by atoms with Crippen molar-refractivity contribution >= 4 is 16.9 Å². The molecule has 0 aromatic heterocycles. The Balaban J connectivity index is 3.03. The quantitative estimate of drug-likeness (QED) is 0.634. The predicted molar refractivity (Wildman–Crippen MR) is 64.7 cm³/mol. The van der Waals surface area contributed by atoms with Crippen LogP contribution in [0.3, 0.4) is 0 Å². The van der Waals surface area contributed by atoms with E-state index in [4.69, 9.17) is 0 Å². The molecule has 14 heavy (non-hydrogen) atoms. The summed E-state index contributed by atoms with van der Waals surface area (Å²) in [6.45, 7) is 5.43. The second-order valence-electron chi connectivity index (χ2n) is 3.85. The molecule has 0 heterocycles. The standard InChI is InChI=1S/C11H23NOS/c1-10(2)12-9-7-5-4-6-8-11(13)14-3/h10,12H,4-9H2,1-3H3. The van der Waals surface area contributed by atoms with Crippen LogP contribution in [-0.4, -0.2) is 24.0 Å². The number of hydrogen-bond acceptors (Lipinski definition) is 3. The summed E-state index contributed by atoms with van der Waals surface area (Å²) in [5.41, 5.74) is 0. The van der Waals surface area contributed by atoms with Crippen LogP contribution in [0.25, 0.3) is 0 Å². The zero-order valence-electron chi connectivity index (χ0n) is 9.64. The number of carbonyl (C=O) groups excluding carboxylic acids is 1. The summed E-state index contributed by atoms with van der Waals surface area (Å²) in [6.07, 6.45) is 7.31. The summed E-state index contributed by atoms with van der Waals surface area (Å²) in [7, 11) is 0. The van der Waals surface area contributed by atoms with Crippen LogP contribution in [0.1, 0.15) is 46.0 Å². The van der Waals surface area contributed by atoms with Crippen molar-refractivity contribution in [1.82, 2.24) is 5.32 Å². The zero-order valence-corrected chi connectivity index (χ0v) is 10.5. The molecule has 0 aliphatic carbocycles. The average molecular weight is 217 g/mol. The minimum Gasteiger partial charge on any atom is -0.315 e. The van der Waals surface area contributed by atoms with Crippen molar-refractivity contribution in [3.8, 4) is 0 Å². The Morgan fingerprint density at radius 1 is 1.21 bits per heavy atom. The van der Waals surface area contributed by atoms with E-state index >= 15 is 0 Å². The molecule has 84 valence electrons. The van der Waals surface area contributed by atoms with Crippen LogP contribution in [-0.2, 0) is 4.79 Å². The van der Waals surface area contributed by atoms with Gasteiger partial charge in [0, 0.05) is 12.5 Å². The Bertz CT molecular complexity index is 148. The normalized spacial score (nSPS) is 10.9. The highest BCUT2D eigenvalue weighted by Gasteiger charge is 1.98. The van der Waals surface area contributed by atoms with Gasteiger partial charge in [0.05, 0.1) is 0 Å². The number of rotatable bonds is 8. The van der Waals surface area contributed by atoms with Crippen LogP contribution in [0, 0.1) is 0 Å². The number of thioether (sulfide) groups is 1. The minimum atomic E-state index is 0.324. The maximum Gasteiger partial charge on any atom is 0.188 e. The van der Waals surface area contributed by atoms with Crippen LogP contribution in [0.5, 0.6) is 0 Å². The summed E-state index contributed by atoms with van der Waals surface area (Å²) >= 11 is 1.35. The number of nitrogens with one attached hydrogen (secondary N) is 1. The molecule has 0 rings (SSSR count). The molecule has 0 spiro atoms. The first-order valence-corrected chi connectivity index (χ1v) is 6.69. The zero-order chi connectivity index (χ0) is 10.8. The van der Waals surface area contributed by atoms with Gasteiger partial charge < -0.3 is 5.32 Å². The summed E-state index contributed by atoms with van der Waals surface area (Å²) in [5, 5.41) is 3.71. The molecule has 0 saturated carbocycles. The van der Waals surface area contributed by atoms with Crippen LogP contribution < -0.4 is 5.32 Å². The van der Waals surface area contributed by atoms with Gasteiger partial charge in [-0.3, -0.25) is 4.79 Å². The molecule has 0 saturated heterocycles. The van der Waals surface area contributed by atoms with Crippen LogP contribution in [0.4, 0.5) is 0 Å². The monoisotopic (exact) mass is 217 g/mol. The van der Waals surface area contributed by atoms with E-state index in [-0.39, 0.29) is 0 Å². The molecule has 0 atom stereocenters. The number of unbranched alkanes of at least 4 members (excludes halogenated alkanes) is 3. The topological polar surface area (TPSA) is 29.1 Å². The van der Waals surface area contributed by atoms with Crippen molar-refractivity contribution in [1.29, 1.82) is 0 Å². The molecular weight excluding hydrogens is 194 g/mol. The van der Waals surface area contributed by atoms with Crippen LogP contribution in [0.15, 0.2) is 0 Å². The molecule has 0 unspecified atom stereocenters. The fourth-order valence-corrected chi connectivity index (χ4v) is 1.59. The lowest BCUT2D eigenvalue weighted by Gasteiger charge is -2.06. The molecule has 0 amide bonds. The van der Waals surface area contributed by atoms with Crippen LogP contribution >= 0.6 is 11.8 Å². The lowest BCUT2D eigenvalue weighted by molar-refractivity contribution is -0.111. The minimum absolute atomic E-state index is 0.324. The summed E-state index contributed by atoms with van der Waals surface area (Å²) in [5.74, 6) is 0. The second kappa shape index (κ2) is 9.53. The Kier molecular flexibility index (Phi) is 9.52. The molecule has 0 aromatic carbocycles. The van der Waals surface area contributed by atoms with Gasteiger partial charge in [0.15, 0.2) is 5.12 Å². The lowest BCUT2D eigenvalue weighted by atomic mass is 10.1. The third-order valence-electron chi connectivity index (χ3n) is 2.09. The molecule has 1 N–H and O–H groups in total.